The summed E-state index contributed by atoms with van der Waals surface area (Å²) in [5.74, 6) is -0.254. The highest BCUT2D eigenvalue weighted by molar-refractivity contribution is 5.59. The third-order valence-corrected chi connectivity index (χ3v) is 5.30. The first-order chi connectivity index (χ1) is 12.6. The van der Waals surface area contributed by atoms with Crippen LogP contribution in [0, 0.1) is 5.82 Å². The Hall–Kier alpha value is -1.89. The molecule has 0 radical (unpaired) electrons. The van der Waals surface area contributed by atoms with Gasteiger partial charge in [0.1, 0.15) is 5.82 Å². The fourth-order valence-corrected chi connectivity index (χ4v) is 3.66. The van der Waals surface area contributed by atoms with E-state index in [0.717, 1.165) is 48.6 Å². The molecule has 0 bridgehead atoms. The number of rotatable bonds is 6. The van der Waals surface area contributed by atoms with Crippen molar-refractivity contribution in [2.45, 2.75) is 38.0 Å². The van der Waals surface area contributed by atoms with Gasteiger partial charge in [0.05, 0.1) is 17.5 Å². The predicted octanol–water partition coefficient (Wildman–Crippen LogP) is 2.10. The zero-order valence-electron chi connectivity index (χ0n) is 15.1. The minimum atomic E-state index is -0.339. The molecule has 2 aliphatic rings. The zero-order chi connectivity index (χ0) is 18.1. The van der Waals surface area contributed by atoms with Gasteiger partial charge in [0.25, 0.3) is 0 Å². The second kappa shape index (κ2) is 7.39. The van der Waals surface area contributed by atoms with Crippen LogP contribution in [0.15, 0.2) is 30.3 Å². The van der Waals surface area contributed by atoms with E-state index < -0.39 is 0 Å². The molecule has 2 heterocycles. The summed E-state index contributed by atoms with van der Waals surface area (Å²) in [6.45, 7) is 3.05. The van der Waals surface area contributed by atoms with Gasteiger partial charge in [-0.2, -0.15) is 10.2 Å². The molecule has 1 aliphatic heterocycles. The number of benzene rings is 1. The van der Waals surface area contributed by atoms with Crippen molar-refractivity contribution in [3.05, 3.63) is 47.4 Å². The van der Waals surface area contributed by atoms with Gasteiger partial charge in [-0.1, -0.05) is 0 Å². The van der Waals surface area contributed by atoms with E-state index in [-0.39, 0.29) is 11.9 Å². The van der Waals surface area contributed by atoms with Gasteiger partial charge < -0.3 is 10.0 Å². The summed E-state index contributed by atoms with van der Waals surface area (Å²) >= 11 is 0. The topological polar surface area (TPSA) is 52.5 Å². The third kappa shape index (κ3) is 4.09. The van der Waals surface area contributed by atoms with Crippen LogP contribution >= 0.6 is 0 Å². The second-order valence-electron chi connectivity index (χ2n) is 7.52. The first kappa shape index (κ1) is 17.5. The van der Waals surface area contributed by atoms with E-state index in [9.17, 15) is 9.50 Å². The summed E-state index contributed by atoms with van der Waals surface area (Å²) < 4.78 is 13.1. The maximum atomic E-state index is 13.1. The van der Waals surface area contributed by atoms with E-state index in [1.165, 1.54) is 25.0 Å². The summed E-state index contributed by atoms with van der Waals surface area (Å²) in [5, 5.41) is 19.1. The van der Waals surface area contributed by atoms with E-state index >= 15 is 0 Å². The number of fused-ring (bicyclic) bond motifs is 1. The molecule has 1 saturated carbocycles. The fourth-order valence-electron chi connectivity index (χ4n) is 3.66. The predicted molar refractivity (Wildman–Crippen MR) is 98.1 cm³/mol. The summed E-state index contributed by atoms with van der Waals surface area (Å²) in [7, 11) is 2.09. The number of likely N-dealkylation sites (N-methyl/N-ethyl adjacent to an activating group) is 1. The SMILES string of the molecule is CN(CC(O)CN1CCc2nnc(-c3ccc(F)cc3)cc2C1)C1CC1. The zero-order valence-corrected chi connectivity index (χ0v) is 15.1. The largest absolute Gasteiger partial charge is 0.390 e. The first-order valence-corrected chi connectivity index (χ1v) is 9.30. The molecule has 1 aromatic carbocycles. The summed E-state index contributed by atoms with van der Waals surface area (Å²) in [6.07, 6.45) is 3.02. The lowest BCUT2D eigenvalue weighted by molar-refractivity contribution is 0.0744. The van der Waals surface area contributed by atoms with Gasteiger partial charge in [0.15, 0.2) is 0 Å². The highest BCUT2D eigenvalue weighted by Gasteiger charge is 2.28. The molecule has 4 rings (SSSR count). The molecule has 0 saturated heterocycles. The van der Waals surface area contributed by atoms with Gasteiger partial charge in [-0.15, -0.1) is 0 Å². The standard InChI is InChI=1S/C20H25FN4O/c1-24(17-6-7-17)12-18(26)13-25-9-8-19-15(11-25)10-20(23-22-19)14-2-4-16(21)5-3-14/h2-5,10,17-18,26H,6-9,11-13H2,1H3. The lowest BCUT2D eigenvalue weighted by atomic mass is 10.0. The van der Waals surface area contributed by atoms with Crippen molar-refractivity contribution in [2.75, 3.05) is 26.7 Å². The average Bonchev–Trinajstić information content (AvgIpc) is 3.47. The molecule has 1 aliphatic carbocycles. The molecule has 1 unspecified atom stereocenters. The third-order valence-electron chi connectivity index (χ3n) is 5.30. The van der Waals surface area contributed by atoms with Crippen LogP contribution in [0.3, 0.4) is 0 Å². The Morgan fingerprint density at radius 1 is 1.27 bits per heavy atom. The van der Waals surface area contributed by atoms with Gasteiger partial charge >= 0.3 is 0 Å². The van der Waals surface area contributed by atoms with Crippen molar-refractivity contribution >= 4 is 0 Å². The molecule has 1 N–H and O–H groups in total. The molecule has 1 aromatic heterocycles. The molecule has 1 fully saturated rings. The average molecular weight is 356 g/mol. The number of aromatic nitrogens is 2. The molecule has 0 amide bonds. The van der Waals surface area contributed by atoms with Gasteiger partial charge in [-0.05, 0) is 55.8 Å². The number of hydrogen-bond donors (Lipinski definition) is 1. The van der Waals surface area contributed by atoms with Crippen LogP contribution in [0.2, 0.25) is 0 Å². The van der Waals surface area contributed by atoms with E-state index in [2.05, 4.69) is 27.0 Å². The number of aliphatic hydroxyl groups is 1. The molecule has 1 atom stereocenters. The molecule has 26 heavy (non-hydrogen) atoms. The lowest BCUT2D eigenvalue weighted by Gasteiger charge is -2.31. The van der Waals surface area contributed by atoms with E-state index in [4.69, 9.17) is 0 Å². The Labute approximate surface area is 153 Å². The first-order valence-electron chi connectivity index (χ1n) is 9.30. The van der Waals surface area contributed by atoms with Gasteiger partial charge in [0, 0.05) is 44.2 Å². The number of aliphatic hydroxyl groups excluding tert-OH is 1. The van der Waals surface area contributed by atoms with Crippen molar-refractivity contribution in [3.8, 4) is 11.3 Å². The number of hydrogen-bond acceptors (Lipinski definition) is 5. The minimum Gasteiger partial charge on any atom is -0.390 e. The Morgan fingerprint density at radius 3 is 2.77 bits per heavy atom. The van der Waals surface area contributed by atoms with Crippen LogP contribution in [-0.2, 0) is 13.0 Å². The maximum Gasteiger partial charge on any atom is 0.123 e. The van der Waals surface area contributed by atoms with Crippen molar-refractivity contribution in [1.29, 1.82) is 0 Å². The van der Waals surface area contributed by atoms with Crippen LogP contribution in [-0.4, -0.2) is 63.9 Å². The van der Waals surface area contributed by atoms with Crippen LogP contribution < -0.4 is 0 Å². The molecule has 0 spiro atoms. The van der Waals surface area contributed by atoms with Crippen LogP contribution in [0.5, 0.6) is 0 Å². The van der Waals surface area contributed by atoms with Crippen LogP contribution in [0.1, 0.15) is 24.1 Å². The summed E-state index contributed by atoms with van der Waals surface area (Å²) in [4.78, 5) is 4.55. The lowest BCUT2D eigenvalue weighted by Crippen LogP contribution is -2.41. The maximum absolute atomic E-state index is 13.1. The fraction of sp³-hybridized carbons (Fsp3) is 0.500. The number of halogens is 1. The second-order valence-corrected chi connectivity index (χ2v) is 7.52. The van der Waals surface area contributed by atoms with Crippen molar-refractivity contribution in [3.63, 3.8) is 0 Å². The quantitative estimate of drug-likeness (QED) is 0.859. The van der Waals surface area contributed by atoms with Crippen molar-refractivity contribution in [1.82, 2.24) is 20.0 Å². The van der Waals surface area contributed by atoms with Crippen LogP contribution in [0.25, 0.3) is 11.3 Å². The Kier molecular flexibility index (Phi) is 4.98. The Balaban J connectivity index is 1.42. The molecule has 5 nitrogen and oxygen atoms in total. The number of β-amino-alcohol motifs (C(OH)–C–C–N with tert-alkyl or cyclic N) is 1. The monoisotopic (exact) mass is 356 g/mol. The van der Waals surface area contributed by atoms with Gasteiger partial charge in [0.2, 0.25) is 0 Å². The van der Waals surface area contributed by atoms with Gasteiger partial charge in [-0.3, -0.25) is 4.90 Å². The van der Waals surface area contributed by atoms with E-state index in [1.807, 2.05) is 6.07 Å². The molecule has 6 heteroatoms. The highest BCUT2D eigenvalue weighted by Crippen LogP contribution is 2.26. The molecule has 2 aromatic rings. The van der Waals surface area contributed by atoms with E-state index in [0.29, 0.717) is 12.6 Å². The van der Waals surface area contributed by atoms with Crippen molar-refractivity contribution in [2.24, 2.45) is 0 Å². The number of nitrogens with zero attached hydrogens (tertiary/aromatic N) is 4. The van der Waals surface area contributed by atoms with Gasteiger partial charge in [-0.25, -0.2) is 4.39 Å². The molecule has 138 valence electrons. The normalized spacial score (nSPS) is 18.8. The molecular formula is C20H25FN4O. The van der Waals surface area contributed by atoms with Crippen LogP contribution in [0.4, 0.5) is 4.39 Å². The Morgan fingerprint density at radius 2 is 2.04 bits per heavy atom. The molecular weight excluding hydrogens is 331 g/mol. The minimum absolute atomic E-state index is 0.254. The smallest absolute Gasteiger partial charge is 0.123 e. The summed E-state index contributed by atoms with van der Waals surface area (Å²) in [5.41, 5.74) is 3.80. The Bertz CT molecular complexity index is 763. The van der Waals surface area contributed by atoms with E-state index in [1.54, 1.807) is 12.1 Å². The highest BCUT2D eigenvalue weighted by atomic mass is 19.1. The van der Waals surface area contributed by atoms with Crippen molar-refractivity contribution < 1.29 is 9.50 Å². The summed E-state index contributed by atoms with van der Waals surface area (Å²) in [6, 6.07) is 9.04.